The van der Waals surface area contributed by atoms with E-state index >= 15 is 0 Å². The lowest BCUT2D eigenvalue weighted by molar-refractivity contribution is -0.182. The second-order valence-corrected chi connectivity index (χ2v) is 9.22. The summed E-state index contributed by atoms with van der Waals surface area (Å²) in [7, 11) is 1.53. The molecule has 1 unspecified atom stereocenters. The van der Waals surface area contributed by atoms with Crippen LogP contribution in [0.25, 0.3) is 17.1 Å². The number of benzene rings is 2. The van der Waals surface area contributed by atoms with Gasteiger partial charge in [-0.1, -0.05) is 24.3 Å². The number of alkyl halides is 3. The van der Waals surface area contributed by atoms with Gasteiger partial charge in [0.2, 0.25) is 0 Å². The Labute approximate surface area is 237 Å². The van der Waals surface area contributed by atoms with Crippen LogP contribution in [-0.2, 0) is 26.9 Å². The largest absolute Gasteiger partial charge is 0.497 e. The second kappa shape index (κ2) is 11.3. The Kier molecular flexibility index (Phi) is 7.57. The summed E-state index contributed by atoms with van der Waals surface area (Å²) in [5.74, 6) is -2.94. The number of pyridine rings is 1. The molecule has 1 aliphatic rings. The fourth-order valence-corrected chi connectivity index (χ4v) is 4.46. The van der Waals surface area contributed by atoms with Crippen molar-refractivity contribution >= 4 is 11.8 Å². The molecule has 2 amide bonds. The standard InChI is InChI=1S/C29H24F3N5O5/c1-40-21-9-7-18(8-10-21)16-24(28(27(33)39)41-14-15-42-28)35-26(38)22-6-3-12-34-25(22)37-13-11-23(36-37)19-4-2-5-20(17-19)29(30,31)32/h2-15,17,24H,16H2,1H3,(H2,33,39)(H,35,38). The highest BCUT2D eigenvalue weighted by molar-refractivity contribution is 5.98. The minimum Gasteiger partial charge on any atom is -0.497 e. The molecule has 0 radical (unpaired) electrons. The third-order valence-electron chi connectivity index (χ3n) is 6.57. The number of ether oxygens (including phenoxy) is 3. The van der Waals surface area contributed by atoms with Crippen molar-refractivity contribution in [2.24, 2.45) is 5.73 Å². The third kappa shape index (κ3) is 5.61. The molecule has 0 spiro atoms. The molecule has 0 aliphatic carbocycles. The summed E-state index contributed by atoms with van der Waals surface area (Å²) in [5, 5.41) is 7.14. The van der Waals surface area contributed by atoms with Gasteiger partial charge in [-0.05, 0) is 48.0 Å². The number of methoxy groups -OCH3 is 1. The second-order valence-electron chi connectivity index (χ2n) is 9.22. The summed E-state index contributed by atoms with van der Waals surface area (Å²) in [5.41, 5.74) is 6.09. The van der Waals surface area contributed by atoms with Gasteiger partial charge in [0.05, 0.1) is 23.9 Å². The van der Waals surface area contributed by atoms with Crippen molar-refractivity contribution in [1.82, 2.24) is 20.1 Å². The van der Waals surface area contributed by atoms with Gasteiger partial charge in [0.15, 0.2) is 5.82 Å². The predicted octanol–water partition coefficient (Wildman–Crippen LogP) is 4.00. The van der Waals surface area contributed by atoms with E-state index in [9.17, 15) is 22.8 Å². The van der Waals surface area contributed by atoms with Crippen LogP contribution in [0.15, 0.2) is 91.6 Å². The molecule has 0 fully saturated rings. The quantitative estimate of drug-likeness (QED) is 0.307. The van der Waals surface area contributed by atoms with Crippen LogP contribution in [0.1, 0.15) is 21.5 Å². The fourth-order valence-electron chi connectivity index (χ4n) is 4.46. The SMILES string of the molecule is COc1ccc(CC(NC(=O)c2cccnc2-n2ccc(-c3cccc(C(F)(F)F)c3)n2)C2(C(N)=O)OC=CO2)cc1. The summed E-state index contributed by atoms with van der Waals surface area (Å²) in [6.45, 7) is 0. The molecule has 4 aromatic rings. The lowest BCUT2D eigenvalue weighted by Crippen LogP contribution is -2.61. The Bertz CT molecular complexity index is 1630. The molecular formula is C29H24F3N5O5. The highest BCUT2D eigenvalue weighted by Gasteiger charge is 2.51. The van der Waals surface area contributed by atoms with Gasteiger partial charge < -0.3 is 25.3 Å². The number of amides is 2. The number of carbonyl (C=O) groups is 2. The van der Waals surface area contributed by atoms with Crippen LogP contribution in [0.5, 0.6) is 5.75 Å². The molecule has 42 heavy (non-hydrogen) atoms. The van der Waals surface area contributed by atoms with Crippen LogP contribution >= 0.6 is 0 Å². The van der Waals surface area contributed by atoms with Crippen molar-refractivity contribution in [2.75, 3.05) is 7.11 Å². The van der Waals surface area contributed by atoms with Crippen molar-refractivity contribution in [3.63, 3.8) is 0 Å². The molecule has 2 aromatic carbocycles. The summed E-state index contributed by atoms with van der Waals surface area (Å²) >= 11 is 0. The van der Waals surface area contributed by atoms with Crippen molar-refractivity contribution in [1.29, 1.82) is 0 Å². The van der Waals surface area contributed by atoms with E-state index in [1.807, 2.05) is 0 Å². The zero-order valence-corrected chi connectivity index (χ0v) is 22.0. The maximum absolute atomic E-state index is 13.7. The minimum atomic E-state index is -4.52. The number of aromatic nitrogens is 3. The van der Waals surface area contributed by atoms with Gasteiger partial charge >= 0.3 is 17.9 Å². The van der Waals surface area contributed by atoms with E-state index in [-0.39, 0.29) is 29.1 Å². The maximum Gasteiger partial charge on any atom is 0.416 e. The number of nitrogens with one attached hydrogen (secondary N) is 1. The first-order valence-electron chi connectivity index (χ1n) is 12.5. The van der Waals surface area contributed by atoms with Gasteiger partial charge in [-0.25, -0.2) is 9.67 Å². The molecule has 0 bridgehead atoms. The normalized spacial score (nSPS) is 14.5. The molecule has 3 heterocycles. The monoisotopic (exact) mass is 579 g/mol. The number of nitrogens with two attached hydrogens (primary N) is 1. The number of hydrogen-bond acceptors (Lipinski definition) is 7. The molecule has 3 N–H and O–H groups in total. The molecule has 216 valence electrons. The van der Waals surface area contributed by atoms with Crippen LogP contribution < -0.4 is 15.8 Å². The summed E-state index contributed by atoms with van der Waals surface area (Å²) in [4.78, 5) is 30.5. The predicted molar refractivity (Wildman–Crippen MR) is 143 cm³/mol. The Hall–Kier alpha value is -5.33. The van der Waals surface area contributed by atoms with Crippen LogP contribution in [0.3, 0.4) is 0 Å². The van der Waals surface area contributed by atoms with E-state index in [0.29, 0.717) is 11.3 Å². The first kappa shape index (κ1) is 28.2. The lowest BCUT2D eigenvalue weighted by Gasteiger charge is -2.33. The topological polar surface area (TPSA) is 131 Å². The van der Waals surface area contributed by atoms with E-state index in [1.165, 1.54) is 54.5 Å². The average Bonchev–Trinajstić information content (AvgIpc) is 3.68. The smallest absolute Gasteiger partial charge is 0.416 e. The maximum atomic E-state index is 13.7. The molecule has 1 atom stereocenters. The molecule has 2 aromatic heterocycles. The Morgan fingerprint density at radius 1 is 1.07 bits per heavy atom. The van der Waals surface area contributed by atoms with Crippen LogP contribution in [0.2, 0.25) is 0 Å². The molecule has 13 heteroatoms. The minimum absolute atomic E-state index is 0.0569. The zero-order chi connectivity index (χ0) is 29.9. The van der Waals surface area contributed by atoms with E-state index in [4.69, 9.17) is 19.9 Å². The van der Waals surface area contributed by atoms with Crippen molar-refractivity contribution < 1.29 is 37.0 Å². The number of carbonyl (C=O) groups excluding carboxylic acids is 2. The Morgan fingerprint density at radius 3 is 2.48 bits per heavy atom. The molecule has 1 aliphatic heterocycles. The Morgan fingerprint density at radius 2 is 1.81 bits per heavy atom. The van der Waals surface area contributed by atoms with Crippen LogP contribution in [-0.4, -0.2) is 45.5 Å². The number of nitrogens with zero attached hydrogens (tertiary/aromatic N) is 3. The number of halogens is 3. The van der Waals surface area contributed by atoms with E-state index in [2.05, 4.69) is 15.4 Å². The van der Waals surface area contributed by atoms with Gasteiger partial charge in [0.1, 0.15) is 24.3 Å². The van der Waals surface area contributed by atoms with E-state index in [0.717, 1.165) is 24.7 Å². The first-order chi connectivity index (χ1) is 20.1. The van der Waals surface area contributed by atoms with Gasteiger partial charge in [-0.2, -0.15) is 18.3 Å². The molecule has 5 rings (SSSR count). The number of rotatable bonds is 9. The molecular weight excluding hydrogens is 555 g/mol. The summed E-state index contributed by atoms with van der Waals surface area (Å²) < 4.78 is 57.1. The van der Waals surface area contributed by atoms with Crippen LogP contribution in [0.4, 0.5) is 13.2 Å². The first-order valence-corrected chi connectivity index (χ1v) is 12.5. The van der Waals surface area contributed by atoms with Gasteiger partial charge in [-0.3, -0.25) is 9.59 Å². The van der Waals surface area contributed by atoms with E-state index in [1.54, 1.807) is 24.3 Å². The summed E-state index contributed by atoms with van der Waals surface area (Å²) in [6, 6.07) is 15.1. The highest BCUT2D eigenvalue weighted by Crippen LogP contribution is 2.32. The molecule has 10 nitrogen and oxygen atoms in total. The van der Waals surface area contributed by atoms with Crippen LogP contribution in [0, 0.1) is 0 Å². The number of primary amides is 1. The van der Waals surface area contributed by atoms with Crippen molar-refractivity contribution in [2.45, 2.75) is 24.4 Å². The Balaban J connectivity index is 1.45. The number of hydrogen-bond donors (Lipinski definition) is 2. The van der Waals surface area contributed by atoms with Gasteiger partial charge in [0.25, 0.3) is 5.91 Å². The lowest BCUT2D eigenvalue weighted by atomic mass is 9.97. The molecule has 0 saturated carbocycles. The van der Waals surface area contributed by atoms with Gasteiger partial charge in [0, 0.05) is 24.4 Å². The molecule has 0 saturated heterocycles. The van der Waals surface area contributed by atoms with Crippen molar-refractivity contribution in [3.8, 4) is 22.8 Å². The zero-order valence-electron chi connectivity index (χ0n) is 22.0. The highest BCUT2D eigenvalue weighted by atomic mass is 19.4. The average molecular weight is 580 g/mol. The van der Waals surface area contributed by atoms with Gasteiger partial charge in [-0.15, -0.1) is 0 Å². The fraction of sp³-hybridized carbons (Fsp3) is 0.172. The summed E-state index contributed by atoms with van der Waals surface area (Å²) in [6.07, 6.45) is 0.792. The third-order valence-corrected chi connectivity index (χ3v) is 6.57. The van der Waals surface area contributed by atoms with E-state index < -0.39 is 35.4 Å². The van der Waals surface area contributed by atoms with Crippen molar-refractivity contribution in [3.05, 3.63) is 108 Å².